The number of nitrogen functional groups attached to an aromatic ring is 1. The number of hydrogen-bond donors (Lipinski definition) is 1. The zero-order valence-corrected chi connectivity index (χ0v) is 11.3. The Morgan fingerprint density at radius 2 is 1.95 bits per heavy atom. The molecule has 20 heavy (non-hydrogen) atoms. The molecule has 0 saturated carbocycles. The summed E-state index contributed by atoms with van der Waals surface area (Å²) in [6.45, 7) is 0. The van der Waals surface area contributed by atoms with Gasteiger partial charge in [-0.15, -0.1) is 11.3 Å². The molecular weight excluding hydrogens is 270 g/mol. The van der Waals surface area contributed by atoms with Crippen molar-refractivity contribution in [2.75, 3.05) is 5.73 Å². The Morgan fingerprint density at radius 1 is 1.10 bits per heavy atom. The second-order valence-electron chi connectivity index (χ2n) is 4.43. The van der Waals surface area contributed by atoms with Crippen molar-refractivity contribution >= 4 is 22.1 Å². The van der Waals surface area contributed by atoms with Crippen LogP contribution in [0.2, 0.25) is 0 Å². The summed E-state index contributed by atoms with van der Waals surface area (Å²) >= 11 is 1.57. The van der Waals surface area contributed by atoms with E-state index >= 15 is 0 Å². The summed E-state index contributed by atoms with van der Waals surface area (Å²) in [5, 5.41) is 2.07. The van der Waals surface area contributed by atoms with Gasteiger partial charge < -0.3 is 10.2 Å². The van der Waals surface area contributed by atoms with Crippen LogP contribution in [0.25, 0.3) is 27.7 Å². The summed E-state index contributed by atoms with van der Waals surface area (Å²) in [4.78, 5) is 5.43. The molecule has 5 heteroatoms. The summed E-state index contributed by atoms with van der Waals surface area (Å²) in [6.07, 6.45) is 1.63. The first-order valence-electron chi connectivity index (χ1n) is 6.19. The first-order chi connectivity index (χ1) is 9.84. The molecule has 4 aromatic rings. The fraction of sp³-hybridized carbons (Fsp3) is 0. The number of thiazole rings is 1. The normalized spacial score (nSPS) is 11.2. The Hall–Kier alpha value is -2.53. The second kappa shape index (κ2) is 4.25. The Balaban J connectivity index is 1.97. The van der Waals surface area contributed by atoms with Crippen molar-refractivity contribution in [1.29, 1.82) is 0 Å². The predicted molar refractivity (Wildman–Crippen MR) is 80.6 cm³/mol. The van der Waals surface area contributed by atoms with Crippen LogP contribution in [0.4, 0.5) is 5.82 Å². The maximum atomic E-state index is 6.26. The Labute approximate surface area is 119 Å². The fourth-order valence-corrected chi connectivity index (χ4v) is 3.19. The quantitative estimate of drug-likeness (QED) is 0.606. The van der Waals surface area contributed by atoms with Crippen LogP contribution in [0.1, 0.15) is 0 Å². The van der Waals surface area contributed by atoms with Gasteiger partial charge in [-0.05, 0) is 17.7 Å². The molecule has 4 rings (SSSR count). The van der Waals surface area contributed by atoms with Crippen molar-refractivity contribution in [3.63, 3.8) is 0 Å². The van der Waals surface area contributed by atoms with Crippen molar-refractivity contribution in [3.8, 4) is 22.7 Å². The standard InChI is InChI=1S/C15H11N3OS/c16-14-13(12-7-4-8-19-12)17-15-18(14)11(9-20-15)10-5-2-1-3-6-10/h1-9H,16H2. The average Bonchev–Trinajstić information content (AvgIpc) is 3.18. The highest BCUT2D eigenvalue weighted by Crippen LogP contribution is 2.34. The molecule has 2 N–H and O–H groups in total. The molecule has 3 aromatic heterocycles. The van der Waals surface area contributed by atoms with E-state index in [2.05, 4.69) is 22.5 Å². The van der Waals surface area contributed by atoms with Crippen LogP contribution in [-0.4, -0.2) is 9.38 Å². The molecule has 0 aliphatic rings. The number of hydrogen-bond acceptors (Lipinski definition) is 4. The Bertz CT molecular complexity index is 859. The first-order valence-corrected chi connectivity index (χ1v) is 7.07. The highest BCUT2D eigenvalue weighted by Gasteiger charge is 2.17. The molecule has 0 spiro atoms. The third-order valence-corrected chi connectivity index (χ3v) is 4.05. The maximum absolute atomic E-state index is 6.26. The van der Waals surface area contributed by atoms with Crippen LogP contribution >= 0.6 is 11.3 Å². The van der Waals surface area contributed by atoms with Crippen LogP contribution in [0.5, 0.6) is 0 Å². The van der Waals surface area contributed by atoms with E-state index in [1.807, 2.05) is 34.7 Å². The van der Waals surface area contributed by atoms with Crippen molar-refractivity contribution in [2.24, 2.45) is 0 Å². The van der Waals surface area contributed by atoms with E-state index in [0.29, 0.717) is 17.3 Å². The number of imidazole rings is 1. The summed E-state index contributed by atoms with van der Waals surface area (Å²) in [5.41, 5.74) is 9.12. The van der Waals surface area contributed by atoms with Crippen LogP contribution in [-0.2, 0) is 0 Å². The fourth-order valence-electron chi connectivity index (χ4n) is 2.29. The number of nitrogens with zero attached hydrogens (tertiary/aromatic N) is 2. The molecule has 0 radical (unpaired) electrons. The molecule has 0 atom stereocenters. The van der Waals surface area contributed by atoms with E-state index in [1.165, 1.54) is 0 Å². The SMILES string of the molecule is Nc1c(-c2ccco2)nc2scc(-c3ccccc3)n12. The van der Waals surface area contributed by atoms with E-state index in [-0.39, 0.29) is 0 Å². The van der Waals surface area contributed by atoms with Gasteiger partial charge in [0.2, 0.25) is 0 Å². The van der Waals surface area contributed by atoms with Crippen molar-refractivity contribution in [3.05, 3.63) is 54.1 Å². The van der Waals surface area contributed by atoms with Gasteiger partial charge in [0, 0.05) is 5.38 Å². The molecule has 0 aliphatic heterocycles. The van der Waals surface area contributed by atoms with E-state index in [9.17, 15) is 0 Å². The maximum Gasteiger partial charge on any atom is 0.196 e. The van der Waals surface area contributed by atoms with Gasteiger partial charge in [0.1, 0.15) is 11.5 Å². The zero-order valence-electron chi connectivity index (χ0n) is 10.5. The van der Waals surface area contributed by atoms with Gasteiger partial charge in [-0.1, -0.05) is 30.3 Å². The molecule has 0 amide bonds. The van der Waals surface area contributed by atoms with Crippen molar-refractivity contribution < 1.29 is 4.42 Å². The monoisotopic (exact) mass is 281 g/mol. The van der Waals surface area contributed by atoms with Gasteiger partial charge >= 0.3 is 0 Å². The van der Waals surface area contributed by atoms with Crippen molar-refractivity contribution in [1.82, 2.24) is 9.38 Å². The largest absolute Gasteiger partial charge is 0.463 e. The minimum absolute atomic E-state index is 0.607. The van der Waals surface area contributed by atoms with Gasteiger partial charge in [0.25, 0.3) is 0 Å². The van der Waals surface area contributed by atoms with Crippen LogP contribution < -0.4 is 5.73 Å². The van der Waals surface area contributed by atoms with Gasteiger partial charge in [0.05, 0.1) is 12.0 Å². The molecule has 4 nitrogen and oxygen atoms in total. The molecule has 0 saturated heterocycles. The number of benzene rings is 1. The molecule has 3 heterocycles. The van der Waals surface area contributed by atoms with Crippen LogP contribution in [0.3, 0.4) is 0 Å². The molecule has 0 bridgehead atoms. The van der Waals surface area contributed by atoms with Crippen molar-refractivity contribution in [2.45, 2.75) is 0 Å². The van der Waals surface area contributed by atoms with E-state index in [0.717, 1.165) is 16.2 Å². The van der Waals surface area contributed by atoms with Gasteiger partial charge in [-0.2, -0.15) is 0 Å². The van der Waals surface area contributed by atoms with Gasteiger partial charge in [0.15, 0.2) is 10.7 Å². The molecule has 0 aliphatic carbocycles. The van der Waals surface area contributed by atoms with Crippen LogP contribution in [0, 0.1) is 0 Å². The number of rotatable bonds is 2. The molecule has 1 aromatic carbocycles. The highest BCUT2D eigenvalue weighted by atomic mass is 32.1. The lowest BCUT2D eigenvalue weighted by molar-refractivity contribution is 0.581. The summed E-state index contributed by atoms with van der Waals surface area (Å²) in [6, 6.07) is 13.9. The number of fused-ring (bicyclic) bond motifs is 1. The van der Waals surface area contributed by atoms with Gasteiger partial charge in [-0.3, -0.25) is 4.40 Å². The highest BCUT2D eigenvalue weighted by molar-refractivity contribution is 7.15. The topological polar surface area (TPSA) is 56.5 Å². The minimum atomic E-state index is 0.607. The second-order valence-corrected chi connectivity index (χ2v) is 5.26. The Morgan fingerprint density at radius 3 is 2.70 bits per heavy atom. The average molecular weight is 281 g/mol. The smallest absolute Gasteiger partial charge is 0.196 e. The molecule has 98 valence electrons. The lowest BCUT2D eigenvalue weighted by Crippen LogP contribution is -1.94. The van der Waals surface area contributed by atoms with Crippen LogP contribution in [0.15, 0.2) is 58.5 Å². The zero-order chi connectivity index (χ0) is 13.5. The van der Waals surface area contributed by atoms with Gasteiger partial charge in [-0.25, -0.2) is 4.98 Å². The summed E-state index contributed by atoms with van der Waals surface area (Å²) in [5.74, 6) is 1.30. The van der Waals surface area contributed by atoms with E-state index in [1.54, 1.807) is 17.6 Å². The van der Waals surface area contributed by atoms with E-state index in [4.69, 9.17) is 10.2 Å². The number of nitrogens with two attached hydrogens (primary N) is 1. The summed E-state index contributed by atoms with van der Waals surface area (Å²) in [7, 11) is 0. The minimum Gasteiger partial charge on any atom is -0.463 e. The van der Waals surface area contributed by atoms with E-state index < -0.39 is 0 Å². The number of anilines is 1. The lowest BCUT2D eigenvalue weighted by Gasteiger charge is -2.01. The first kappa shape index (κ1) is 11.3. The number of furan rings is 1. The third-order valence-electron chi connectivity index (χ3n) is 3.22. The lowest BCUT2D eigenvalue weighted by atomic mass is 10.2. The molecule has 0 unspecified atom stereocenters. The Kier molecular flexibility index (Phi) is 2.40. The molecular formula is C15H11N3OS. The molecule has 0 fully saturated rings. The number of aromatic nitrogens is 2. The predicted octanol–water partition coefficient (Wildman–Crippen LogP) is 3.91. The summed E-state index contributed by atoms with van der Waals surface area (Å²) < 4.78 is 7.36. The third kappa shape index (κ3) is 1.57.